The summed E-state index contributed by atoms with van der Waals surface area (Å²) in [5.74, 6) is -0.251. The van der Waals surface area contributed by atoms with E-state index in [0.717, 1.165) is 27.7 Å². The topological polar surface area (TPSA) is 86.7 Å². The van der Waals surface area contributed by atoms with Crippen LogP contribution in [0.3, 0.4) is 0 Å². The standard InChI is InChI=1S/C28H28ClN3O3/c1-28(2,3)35-24(33)17-30-16-18-9-12-21(13-10-18)31-26(19-7-5-4-6-8-19)25-22-14-11-20(29)15-23(22)32-27(25)34/h4-15,30,32,34H,16-17H2,1-3H3. The Hall–Kier alpha value is -3.61. The molecule has 0 amide bonds. The number of ether oxygens (including phenoxy) is 1. The van der Waals surface area contributed by atoms with Crippen LogP contribution in [0.1, 0.15) is 37.5 Å². The summed E-state index contributed by atoms with van der Waals surface area (Å²) in [7, 11) is 0. The number of aromatic hydroxyl groups is 1. The zero-order chi connectivity index (χ0) is 25.0. The minimum absolute atomic E-state index is 0.0350. The predicted molar refractivity (Wildman–Crippen MR) is 141 cm³/mol. The lowest BCUT2D eigenvalue weighted by molar-refractivity contribution is -0.153. The number of carbonyl (C=O) groups excluding carboxylic acids is 1. The van der Waals surface area contributed by atoms with Crippen LogP contribution in [0.2, 0.25) is 5.02 Å². The Kier molecular flexibility index (Phi) is 7.24. The summed E-state index contributed by atoms with van der Waals surface area (Å²) in [6.45, 7) is 6.20. The molecule has 0 saturated heterocycles. The maximum absolute atomic E-state index is 11.9. The van der Waals surface area contributed by atoms with Crippen LogP contribution in [-0.4, -0.2) is 33.9 Å². The molecule has 7 heteroatoms. The third kappa shape index (κ3) is 6.29. The number of aromatic amines is 1. The lowest BCUT2D eigenvalue weighted by Gasteiger charge is -2.19. The molecular weight excluding hydrogens is 462 g/mol. The molecule has 0 atom stereocenters. The van der Waals surface area contributed by atoms with Crippen molar-refractivity contribution in [2.75, 3.05) is 6.54 Å². The van der Waals surface area contributed by atoms with Crippen molar-refractivity contribution in [2.24, 2.45) is 4.99 Å². The normalized spacial score (nSPS) is 12.2. The van der Waals surface area contributed by atoms with E-state index >= 15 is 0 Å². The van der Waals surface area contributed by atoms with Gasteiger partial charge in [-0.1, -0.05) is 60.1 Å². The second kappa shape index (κ2) is 10.3. The van der Waals surface area contributed by atoms with E-state index in [1.807, 2.05) is 81.4 Å². The molecule has 0 fully saturated rings. The van der Waals surface area contributed by atoms with E-state index in [1.54, 1.807) is 12.1 Å². The monoisotopic (exact) mass is 489 g/mol. The molecule has 0 saturated carbocycles. The summed E-state index contributed by atoms with van der Waals surface area (Å²) in [6, 6.07) is 22.9. The van der Waals surface area contributed by atoms with Crippen molar-refractivity contribution in [1.82, 2.24) is 10.3 Å². The highest BCUT2D eigenvalue weighted by atomic mass is 35.5. The van der Waals surface area contributed by atoms with Crippen LogP contribution in [0.4, 0.5) is 5.69 Å². The van der Waals surface area contributed by atoms with E-state index in [-0.39, 0.29) is 18.4 Å². The van der Waals surface area contributed by atoms with Crippen molar-refractivity contribution in [3.8, 4) is 5.88 Å². The number of rotatable bonds is 7. The van der Waals surface area contributed by atoms with E-state index < -0.39 is 5.60 Å². The first kappa shape index (κ1) is 24.5. The molecule has 0 bridgehead atoms. The maximum atomic E-state index is 11.9. The highest BCUT2D eigenvalue weighted by molar-refractivity contribution is 6.31. The number of halogens is 1. The van der Waals surface area contributed by atoms with Crippen LogP contribution in [-0.2, 0) is 16.1 Å². The van der Waals surface area contributed by atoms with Gasteiger partial charge in [0.05, 0.1) is 29.0 Å². The summed E-state index contributed by atoms with van der Waals surface area (Å²) in [4.78, 5) is 19.8. The van der Waals surface area contributed by atoms with Crippen molar-refractivity contribution >= 4 is 39.9 Å². The van der Waals surface area contributed by atoms with Crippen LogP contribution in [0.5, 0.6) is 5.88 Å². The molecule has 0 aliphatic heterocycles. The smallest absolute Gasteiger partial charge is 0.320 e. The molecule has 3 aromatic carbocycles. The Labute approximate surface area is 209 Å². The molecule has 35 heavy (non-hydrogen) atoms. The number of hydrogen-bond donors (Lipinski definition) is 3. The van der Waals surface area contributed by atoms with Crippen molar-refractivity contribution in [3.63, 3.8) is 0 Å². The third-order valence-corrected chi connectivity index (χ3v) is 5.46. The molecule has 180 valence electrons. The van der Waals surface area contributed by atoms with E-state index in [4.69, 9.17) is 21.3 Å². The zero-order valence-electron chi connectivity index (χ0n) is 19.9. The number of H-pyrrole nitrogens is 1. The van der Waals surface area contributed by atoms with Crippen LogP contribution in [0.25, 0.3) is 10.9 Å². The molecule has 4 rings (SSSR count). The predicted octanol–water partition coefficient (Wildman–Crippen LogP) is 6.13. The van der Waals surface area contributed by atoms with Crippen molar-refractivity contribution < 1.29 is 14.6 Å². The Morgan fingerprint density at radius 2 is 1.77 bits per heavy atom. The molecule has 1 aromatic heterocycles. The zero-order valence-corrected chi connectivity index (χ0v) is 20.7. The van der Waals surface area contributed by atoms with Crippen LogP contribution in [0.15, 0.2) is 77.8 Å². The first-order chi connectivity index (χ1) is 16.7. The number of nitrogens with zero attached hydrogens (tertiary/aromatic N) is 1. The number of nitrogens with one attached hydrogen (secondary N) is 2. The minimum atomic E-state index is -0.500. The SMILES string of the molecule is CC(C)(C)OC(=O)CNCc1ccc(N=C(c2ccccc2)c2c(O)[nH]c3cc(Cl)ccc23)cc1. The molecule has 4 aromatic rings. The molecule has 0 unspecified atom stereocenters. The average molecular weight is 490 g/mol. The number of carbonyl (C=O) groups is 1. The summed E-state index contributed by atoms with van der Waals surface area (Å²) in [5, 5.41) is 15.3. The van der Waals surface area contributed by atoms with Gasteiger partial charge < -0.3 is 20.1 Å². The van der Waals surface area contributed by atoms with Gasteiger partial charge in [-0.3, -0.25) is 4.79 Å². The highest BCUT2D eigenvalue weighted by Crippen LogP contribution is 2.32. The van der Waals surface area contributed by atoms with Gasteiger partial charge in [0.1, 0.15) is 5.60 Å². The van der Waals surface area contributed by atoms with Gasteiger partial charge in [0.25, 0.3) is 0 Å². The number of aromatic nitrogens is 1. The third-order valence-electron chi connectivity index (χ3n) is 5.22. The molecular formula is C28H28ClN3O3. The van der Waals surface area contributed by atoms with Gasteiger partial charge in [0, 0.05) is 22.5 Å². The van der Waals surface area contributed by atoms with Crippen LogP contribution >= 0.6 is 11.6 Å². The van der Waals surface area contributed by atoms with Crippen molar-refractivity contribution in [3.05, 3.63) is 94.5 Å². The van der Waals surface area contributed by atoms with Crippen molar-refractivity contribution in [1.29, 1.82) is 0 Å². The summed E-state index contributed by atoms with van der Waals surface area (Å²) in [6.07, 6.45) is 0. The fourth-order valence-electron chi connectivity index (χ4n) is 3.76. The Balaban J connectivity index is 1.59. The number of hydrogen-bond acceptors (Lipinski definition) is 5. The van der Waals surface area contributed by atoms with Gasteiger partial charge in [-0.25, -0.2) is 4.99 Å². The van der Waals surface area contributed by atoms with E-state index in [2.05, 4.69) is 10.3 Å². The number of aliphatic imine (C=N–C) groups is 1. The fraction of sp³-hybridized carbons (Fsp3) is 0.214. The quantitative estimate of drug-likeness (QED) is 0.215. The second-order valence-corrected chi connectivity index (χ2v) is 9.66. The fourth-order valence-corrected chi connectivity index (χ4v) is 3.93. The van der Waals surface area contributed by atoms with Gasteiger partial charge >= 0.3 is 5.97 Å². The Bertz CT molecular complexity index is 1350. The molecule has 0 spiro atoms. The Morgan fingerprint density at radius 3 is 2.46 bits per heavy atom. The molecule has 0 radical (unpaired) electrons. The lowest BCUT2D eigenvalue weighted by atomic mass is 10.0. The van der Waals surface area contributed by atoms with E-state index in [0.29, 0.717) is 22.8 Å². The molecule has 0 aliphatic carbocycles. The van der Waals surface area contributed by atoms with E-state index in [9.17, 15) is 9.90 Å². The average Bonchev–Trinajstić information content (AvgIpc) is 3.12. The minimum Gasteiger partial charge on any atom is -0.494 e. The molecule has 3 N–H and O–H groups in total. The first-order valence-electron chi connectivity index (χ1n) is 11.4. The van der Waals surface area contributed by atoms with Gasteiger partial charge in [-0.2, -0.15) is 0 Å². The van der Waals surface area contributed by atoms with Crippen molar-refractivity contribution in [2.45, 2.75) is 32.9 Å². The van der Waals surface area contributed by atoms with Gasteiger partial charge in [-0.15, -0.1) is 0 Å². The number of fused-ring (bicyclic) bond motifs is 1. The summed E-state index contributed by atoms with van der Waals surface area (Å²) < 4.78 is 5.31. The Morgan fingerprint density at radius 1 is 1.06 bits per heavy atom. The molecule has 0 aliphatic rings. The number of esters is 1. The van der Waals surface area contributed by atoms with Crippen LogP contribution < -0.4 is 5.32 Å². The maximum Gasteiger partial charge on any atom is 0.320 e. The largest absolute Gasteiger partial charge is 0.494 e. The number of benzene rings is 3. The summed E-state index contributed by atoms with van der Waals surface area (Å²) >= 11 is 6.14. The highest BCUT2D eigenvalue weighted by Gasteiger charge is 2.19. The van der Waals surface area contributed by atoms with Crippen LogP contribution in [0, 0.1) is 0 Å². The van der Waals surface area contributed by atoms with Gasteiger partial charge in [-0.05, 0) is 50.6 Å². The molecule has 6 nitrogen and oxygen atoms in total. The summed E-state index contributed by atoms with van der Waals surface area (Å²) in [5.41, 5.74) is 4.13. The first-order valence-corrected chi connectivity index (χ1v) is 11.7. The molecule has 1 heterocycles. The van der Waals surface area contributed by atoms with E-state index in [1.165, 1.54) is 0 Å². The second-order valence-electron chi connectivity index (χ2n) is 9.22. The lowest BCUT2D eigenvalue weighted by Crippen LogP contribution is -2.31. The van der Waals surface area contributed by atoms with Gasteiger partial charge in [0.2, 0.25) is 0 Å². The van der Waals surface area contributed by atoms with Gasteiger partial charge in [0.15, 0.2) is 5.88 Å².